The molecule has 4 heteroatoms. The first-order valence-electron chi connectivity index (χ1n) is 7.40. The van der Waals surface area contributed by atoms with Gasteiger partial charge in [0.2, 0.25) is 0 Å². The van der Waals surface area contributed by atoms with E-state index in [2.05, 4.69) is 18.3 Å². The van der Waals surface area contributed by atoms with Crippen molar-refractivity contribution in [3.05, 3.63) is 29.8 Å². The van der Waals surface area contributed by atoms with Gasteiger partial charge in [0, 0.05) is 25.2 Å². The molecule has 0 fully saturated rings. The minimum atomic E-state index is 0.111. The molecule has 4 nitrogen and oxygen atoms in total. The maximum atomic E-state index is 8.87. The third-order valence-electron chi connectivity index (χ3n) is 3.15. The lowest BCUT2D eigenvalue weighted by molar-refractivity contribution is 0.242. The summed E-state index contributed by atoms with van der Waals surface area (Å²) in [5.74, 6) is 0.876. The molecule has 1 aromatic carbocycles. The SMILES string of the molecule is CC(CCCO)NC(CN)c1cccc(OC(C)C)c1. The van der Waals surface area contributed by atoms with Crippen molar-refractivity contribution in [2.24, 2.45) is 5.73 Å². The third kappa shape index (κ3) is 5.90. The maximum Gasteiger partial charge on any atom is 0.120 e. The topological polar surface area (TPSA) is 67.5 Å². The molecule has 0 saturated heterocycles. The zero-order valence-electron chi connectivity index (χ0n) is 12.8. The van der Waals surface area contributed by atoms with E-state index >= 15 is 0 Å². The Morgan fingerprint density at radius 2 is 2.05 bits per heavy atom. The summed E-state index contributed by atoms with van der Waals surface area (Å²) in [5, 5.41) is 12.4. The number of ether oxygens (including phenoxy) is 1. The highest BCUT2D eigenvalue weighted by Gasteiger charge is 2.13. The van der Waals surface area contributed by atoms with Gasteiger partial charge in [-0.05, 0) is 51.3 Å². The minimum absolute atomic E-state index is 0.111. The molecule has 0 saturated carbocycles. The number of hydrogen-bond donors (Lipinski definition) is 3. The first-order valence-corrected chi connectivity index (χ1v) is 7.40. The van der Waals surface area contributed by atoms with Crippen LogP contribution >= 0.6 is 0 Å². The molecule has 20 heavy (non-hydrogen) atoms. The van der Waals surface area contributed by atoms with Gasteiger partial charge in [0.15, 0.2) is 0 Å². The highest BCUT2D eigenvalue weighted by Crippen LogP contribution is 2.20. The molecule has 0 aliphatic heterocycles. The first kappa shape index (κ1) is 17.0. The van der Waals surface area contributed by atoms with E-state index in [1.807, 2.05) is 32.0 Å². The van der Waals surface area contributed by atoms with Crippen LogP contribution in [0.5, 0.6) is 5.75 Å². The second-order valence-electron chi connectivity index (χ2n) is 5.46. The summed E-state index contributed by atoms with van der Waals surface area (Å²) in [4.78, 5) is 0. The fourth-order valence-electron chi connectivity index (χ4n) is 2.20. The van der Waals surface area contributed by atoms with Crippen molar-refractivity contribution in [3.8, 4) is 5.75 Å². The van der Waals surface area contributed by atoms with Crippen LogP contribution in [-0.4, -0.2) is 30.4 Å². The number of aliphatic hydroxyl groups is 1. The number of benzene rings is 1. The molecule has 0 radical (unpaired) electrons. The van der Waals surface area contributed by atoms with Gasteiger partial charge in [0.25, 0.3) is 0 Å². The molecule has 1 aromatic rings. The molecule has 0 aliphatic carbocycles. The predicted octanol–water partition coefficient (Wildman–Crippen LogP) is 2.22. The molecule has 0 amide bonds. The lowest BCUT2D eigenvalue weighted by atomic mass is 10.0. The van der Waals surface area contributed by atoms with Gasteiger partial charge in [-0.2, -0.15) is 0 Å². The minimum Gasteiger partial charge on any atom is -0.491 e. The maximum absolute atomic E-state index is 8.87. The van der Waals surface area contributed by atoms with E-state index in [4.69, 9.17) is 15.6 Å². The van der Waals surface area contributed by atoms with Crippen LogP contribution < -0.4 is 15.8 Å². The van der Waals surface area contributed by atoms with Gasteiger partial charge in [-0.3, -0.25) is 0 Å². The molecule has 0 heterocycles. The van der Waals surface area contributed by atoms with Gasteiger partial charge >= 0.3 is 0 Å². The molecule has 1 rings (SSSR count). The highest BCUT2D eigenvalue weighted by atomic mass is 16.5. The van der Waals surface area contributed by atoms with E-state index < -0.39 is 0 Å². The van der Waals surface area contributed by atoms with Crippen molar-refractivity contribution in [1.29, 1.82) is 0 Å². The number of aliphatic hydroxyl groups excluding tert-OH is 1. The summed E-state index contributed by atoms with van der Waals surface area (Å²) in [7, 11) is 0. The summed E-state index contributed by atoms with van der Waals surface area (Å²) < 4.78 is 5.72. The quantitative estimate of drug-likeness (QED) is 0.649. The molecule has 4 N–H and O–H groups in total. The van der Waals surface area contributed by atoms with Crippen molar-refractivity contribution in [1.82, 2.24) is 5.32 Å². The van der Waals surface area contributed by atoms with Gasteiger partial charge < -0.3 is 20.9 Å². The van der Waals surface area contributed by atoms with Gasteiger partial charge in [0.1, 0.15) is 5.75 Å². The second-order valence-corrected chi connectivity index (χ2v) is 5.46. The Bertz CT molecular complexity index is 382. The van der Waals surface area contributed by atoms with Crippen LogP contribution in [0.4, 0.5) is 0 Å². The van der Waals surface area contributed by atoms with Gasteiger partial charge in [0.05, 0.1) is 6.10 Å². The number of rotatable bonds is 9. The molecule has 0 aliphatic rings. The largest absolute Gasteiger partial charge is 0.491 e. The normalized spacial score (nSPS) is 14.3. The molecule has 0 aromatic heterocycles. The van der Waals surface area contributed by atoms with E-state index in [1.54, 1.807) is 0 Å². The number of hydrogen-bond acceptors (Lipinski definition) is 4. The highest BCUT2D eigenvalue weighted by molar-refractivity contribution is 5.31. The second kappa shape index (κ2) is 8.95. The van der Waals surface area contributed by atoms with E-state index in [1.165, 1.54) is 0 Å². The van der Waals surface area contributed by atoms with Crippen LogP contribution in [0.25, 0.3) is 0 Å². The van der Waals surface area contributed by atoms with Crippen molar-refractivity contribution in [2.75, 3.05) is 13.2 Å². The van der Waals surface area contributed by atoms with E-state index in [-0.39, 0.29) is 18.8 Å². The fourth-order valence-corrected chi connectivity index (χ4v) is 2.20. The number of nitrogens with two attached hydrogens (primary N) is 1. The summed E-state index contributed by atoms with van der Waals surface area (Å²) in [6.07, 6.45) is 1.91. The van der Waals surface area contributed by atoms with E-state index in [0.29, 0.717) is 12.6 Å². The zero-order valence-corrected chi connectivity index (χ0v) is 12.8. The van der Waals surface area contributed by atoms with Crippen LogP contribution in [0.2, 0.25) is 0 Å². The molecule has 2 atom stereocenters. The van der Waals surface area contributed by atoms with Crippen molar-refractivity contribution in [2.45, 2.75) is 51.8 Å². The van der Waals surface area contributed by atoms with Crippen LogP contribution in [0.3, 0.4) is 0 Å². The summed E-state index contributed by atoms with van der Waals surface area (Å²) in [5.41, 5.74) is 7.02. The first-order chi connectivity index (χ1) is 9.56. The average Bonchev–Trinajstić information content (AvgIpc) is 2.42. The zero-order chi connectivity index (χ0) is 15.0. The van der Waals surface area contributed by atoms with Crippen LogP contribution in [0.15, 0.2) is 24.3 Å². The molecule has 114 valence electrons. The van der Waals surface area contributed by atoms with Crippen molar-refractivity contribution >= 4 is 0 Å². The Morgan fingerprint density at radius 3 is 2.65 bits per heavy atom. The molecular formula is C16H28N2O2. The Morgan fingerprint density at radius 1 is 1.30 bits per heavy atom. The van der Waals surface area contributed by atoms with Crippen LogP contribution in [-0.2, 0) is 0 Å². The van der Waals surface area contributed by atoms with Crippen molar-refractivity contribution < 1.29 is 9.84 Å². The third-order valence-corrected chi connectivity index (χ3v) is 3.15. The number of nitrogens with one attached hydrogen (secondary N) is 1. The molecule has 0 spiro atoms. The smallest absolute Gasteiger partial charge is 0.120 e. The van der Waals surface area contributed by atoms with Crippen LogP contribution in [0.1, 0.15) is 45.2 Å². The van der Waals surface area contributed by atoms with Gasteiger partial charge in [-0.15, -0.1) is 0 Å². The molecule has 0 bridgehead atoms. The standard InChI is InChI=1S/C16H28N2O2/c1-12(2)20-15-8-4-7-14(10-15)16(11-17)18-13(3)6-5-9-19/h4,7-8,10,12-13,16,18-19H,5-6,9,11,17H2,1-3H3. The van der Waals surface area contributed by atoms with Crippen molar-refractivity contribution in [3.63, 3.8) is 0 Å². The summed E-state index contributed by atoms with van der Waals surface area (Å²) >= 11 is 0. The Balaban J connectivity index is 2.68. The van der Waals surface area contributed by atoms with E-state index in [0.717, 1.165) is 24.2 Å². The lowest BCUT2D eigenvalue weighted by Crippen LogP contribution is -2.35. The Kier molecular flexibility index (Phi) is 7.59. The fraction of sp³-hybridized carbons (Fsp3) is 0.625. The van der Waals surface area contributed by atoms with E-state index in [9.17, 15) is 0 Å². The van der Waals surface area contributed by atoms with Gasteiger partial charge in [-0.1, -0.05) is 12.1 Å². The summed E-state index contributed by atoms with van der Waals surface area (Å²) in [6.45, 7) is 6.92. The Labute approximate surface area is 122 Å². The monoisotopic (exact) mass is 280 g/mol. The lowest BCUT2D eigenvalue weighted by Gasteiger charge is -2.23. The average molecular weight is 280 g/mol. The molecular weight excluding hydrogens is 252 g/mol. The molecule has 2 unspecified atom stereocenters. The summed E-state index contributed by atoms with van der Waals surface area (Å²) in [6, 6.07) is 8.51. The van der Waals surface area contributed by atoms with Gasteiger partial charge in [-0.25, -0.2) is 0 Å². The predicted molar refractivity (Wildman–Crippen MR) is 82.9 cm³/mol. The van der Waals surface area contributed by atoms with Crippen LogP contribution in [0, 0.1) is 0 Å². The Hall–Kier alpha value is -1.10.